The molecule has 0 fully saturated rings. The van der Waals surface area contributed by atoms with Gasteiger partial charge in [-0.05, 0) is 31.5 Å². The van der Waals surface area contributed by atoms with Gasteiger partial charge in [0.15, 0.2) is 11.5 Å². The van der Waals surface area contributed by atoms with Gasteiger partial charge in [-0.15, -0.1) is 0 Å². The highest BCUT2D eigenvalue weighted by molar-refractivity contribution is 5.76. The molecule has 0 aliphatic heterocycles. The molecule has 1 aromatic heterocycles. The van der Waals surface area contributed by atoms with Crippen molar-refractivity contribution in [3.05, 3.63) is 29.7 Å². The van der Waals surface area contributed by atoms with E-state index in [0.717, 1.165) is 29.0 Å². The summed E-state index contributed by atoms with van der Waals surface area (Å²) in [6.07, 6.45) is 0.909. The van der Waals surface area contributed by atoms with Gasteiger partial charge in [-0.3, -0.25) is 0 Å². The molecule has 1 unspecified atom stereocenters. The van der Waals surface area contributed by atoms with Crippen LogP contribution in [0.25, 0.3) is 11.1 Å². The highest BCUT2D eigenvalue weighted by Gasteiger charge is 2.13. The summed E-state index contributed by atoms with van der Waals surface area (Å²) >= 11 is 0. The second-order valence-electron chi connectivity index (χ2n) is 3.95. The number of nitrogens with zero attached hydrogens (tertiary/aromatic N) is 1. The van der Waals surface area contributed by atoms with E-state index >= 15 is 0 Å². The molecule has 2 aromatic rings. The Hall–Kier alpha value is -1.35. The number of nitrogens with two attached hydrogens (primary N) is 1. The number of oxazole rings is 1. The minimum Gasteiger partial charge on any atom is -0.440 e. The van der Waals surface area contributed by atoms with Gasteiger partial charge >= 0.3 is 0 Å². The van der Waals surface area contributed by atoms with Crippen LogP contribution < -0.4 is 5.73 Å². The lowest BCUT2D eigenvalue weighted by Gasteiger charge is -2.02. The maximum atomic E-state index is 5.70. The molecule has 0 bridgehead atoms. The van der Waals surface area contributed by atoms with E-state index in [-0.39, 0.29) is 0 Å². The summed E-state index contributed by atoms with van der Waals surface area (Å²) in [6.45, 7) is 4.80. The van der Waals surface area contributed by atoms with E-state index < -0.39 is 0 Å². The first-order valence-corrected chi connectivity index (χ1v) is 5.28. The van der Waals surface area contributed by atoms with Gasteiger partial charge in [-0.2, -0.15) is 0 Å². The van der Waals surface area contributed by atoms with Gasteiger partial charge in [0.1, 0.15) is 5.52 Å². The van der Waals surface area contributed by atoms with Crippen molar-refractivity contribution in [2.45, 2.75) is 26.2 Å². The Morgan fingerprint density at radius 2 is 2.27 bits per heavy atom. The zero-order valence-electron chi connectivity index (χ0n) is 9.16. The van der Waals surface area contributed by atoms with Crippen molar-refractivity contribution in [2.75, 3.05) is 6.54 Å². The Balaban J connectivity index is 2.43. The Kier molecular flexibility index (Phi) is 2.73. The van der Waals surface area contributed by atoms with Gasteiger partial charge in [0.2, 0.25) is 0 Å². The SMILES string of the molecule is Cc1cccc2oc(C(C)CCN)nc12. The standard InChI is InChI=1S/C12H16N2O/c1-8-4-3-5-10-11(8)14-12(15-10)9(2)6-7-13/h3-5,9H,6-7,13H2,1-2H3. The van der Waals surface area contributed by atoms with Crippen molar-refractivity contribution in [3.8, 4) is 0 Å². The molecule has 3 nitrogen and oxygen atoms in total. The van der Waals surface area contributed by atoms with Gasteiger partial charge in [0, 0.05) is 5.92 Å². The first kappa shape index (κ1) is 10.2. The molecule has 80 valence electrons. The lowest BCUT2D eigenvalue weighted by molar-refractivity contribution is 0.473. The van der Waals surface area contributed by atoms with Crippen LogP contribution in [0.3, 0.4) is 0 Å². The minimum absolute atomic E-state index is 0.293. The average Bonchev–Trinajstić information content (AvgIpc) is 2.63. The Morgan fingerprint density at radius 1 is 1.47 bits per heavy atom. The van der Waals surface area contributed by atoms with E-state index in [1.54, 1.807) is 0 Å². The Labute approximate surface area is 89.3 Å². The number of rotatable bonds is 3. The van der Waals surface area contributed by atoms with Crippen molar-refractivity contribution in [2.24, 2.45) is 5.73 Å². The molecule has 0 amide bonds. The fourth-order valence-corrected chi connectivity index (χ4v) is 1.69. The van der Waals surface area contributed by atoms with Gasteiger partial charge in [-0.1, -0.05) is 19.1 Å². The number of hydrogen-bond acceptors (Lipinski definition) is 3. The van der Waals surface area contributed by atoms with Crippen LogP contribution in [0.4, 0.5) is 0 Å². The van der Waals surface area contributed by atoms with Crippen molar-refractivity contribution in [1.82, 2.24) is 4.98 Å². The number of fused-ring (bicyclic) bond motifs is 1. The Bertz CT molecular complexity index is 462. The quantitative estimate of drug-likeness (QED) is 0.836. The first-order valence-electron chi connectivity index (χ1n) is 5.28. The van der Waals surface area contributed by atoms with Crippen LogP contribution in [0.1, 0.15) is 30.7 Å². The van der Waals surface area contributed by atoms with Crippen LogP contribution in [-0.4, -0.2) is 11.5 Å². The molecule has 3 heteroatoms. The first-order chi connectivity index (χ1) is 7.22. The summed E-state index contributed by atoms with van der Waals surface area (Å²) in [5.74, 6) is 1.09. The van der Waals surface area contributed by atoms with Gasteiger partial charge < -0.3 is 10.2 Å². The van der Waals surface area contributed by atoms with Crippen molar-refractivity contribution in [3.63, 3.8) is 0 Å². The minimum atomic E-state index is 0.293. The summed E-state index contributed by atoms with van der Waals surface area (Å²) in [6, 6.07) is 5.98. The highest BCUT2D eigenvalue weighted by atomic mass is 16.3. The summed E-state index contributed by atoms with van der Waals surface area (Å²) < 4.78 is 5.70. The van der Waals surface area contributed by atoms with Gasteiger partial charge in [-0.25, -0.2) is 4.98 Å². The van der Waals surface area contributed by atoms with E-state index in [9.17, 15) is 0 Å². The smallest absolute Gasteiger partial charge is 0.198 e. The number of para-hydroxylation sites is 1. The molecule has 0 radical (unpaired) electrons. The molecule has 1 aromatic carbocycles. The number of aryl methyl sites for hydroxylation is 1. The third-order valence-corrected chi connectivity index (χ3v) is 2.66. The molecule has 15 heavy (non-hydrogen) atoms. The van der Waals surface area contributed by atoms with Crippen LogP contribution in [0.2, 0.25) is 0 Å². The molecule has 0 aliphatic rings. The van der Waals surface area contributed by atoms with Gasteiger partial charge in [0.05, 0.1) is 0 Å². The number of aromatic nitrogens is 1. The molecule has 2 rings (SSSR count). The van der Waals surface area contributed by atoms with E-state index in [0.29, 0.717) is 12.5 Å². The third kappa shape index (κ3) is 1.88. The summed E-state index contributed by atoms with van der Waals surface area (Å²) in [7, 11) is 0. The van der Waals surface area contributed by atoms with Crippen LogP contribution in [0, 0.1) is 6.92 Å². The van der Waals surface area contributed by atoms with Crippen LogP contribution in [0.15, 0.2) is 22.6 Å². The summed E-state index contributed by atoms with van der Waals surface area (Å²) in [5.41, 5.74) is 8.51. The fraction of sp³-hybridized carbons (Fsp3) is 0.417. The molecule has 0 spiro atoms. The van der Waals surface area contributed by atoms with E-state index in [4.69, 9.17) is 10.2 Å². The monoisotopic (exact) mass is 204 g/mol. The summed E-state index contributed by atoms with van der Waals surface area (Å²) in [5, 5.41) is 0. The molecular weight excluding hydrogens is 188 g/mol. The molecule has 0 saturated heterocycles. The second kappa shape index (κ2) is 4.03. The van der Waals surface area contributed by atoms with E-state index in [2.05, 4.69) is 11.9 Å². The van der Waals surface area contributed by atoms with Crippen LogP contribution in [0.5, 0.6) is 0 Å². The highest BCUT2D eigenvalue weighted by Crippen LogP contribution is 2.24. The van der Waals surface area contributed by atoms with Crippen LogP contribution in [-0.2, 0) is 0 Å². The number of hydrogen-bond donors (Lipinski definition) is 1. The lowest BCUT2D eigenvalue weighted by Crippen LogP contribution is -2.04. The molecule has 1 atom stereocenters. The summed E-state index contributed by atoms with van der Waals surface area (Å²) in [4.78, 5) is 4.51. The maximum Gasteiger partial charge on any atom is 0.198 e. The second-order valence-corrected chi connectivity index (χ2v) is 3.95. The molecule has 1 heterocycles. The average molecular weight is 204 g/mol. The molecule has 0 aliphatic carbocycles. The fourth-order valence-electron chi connectivity index (χ4n) is 1.69. The normalized spacial score (nSPS) is 13.3. The molecule has 0 saturated carbocycles. The van der Waals surface area contributed by atoms with Crippen LogP contribution >= 0.6 is 0 Å². The topological polar surface area (TPSA) is 52.0 Å². The zero-order valence-corrected chi connectivity index (χ0v) is 9.16. The predicted octanol–water partition coefficient (Wildman–Crippen LogP) is 2.59. The molecule has 2 N–H and O–H groups in total. The van der Waals surface area contributed by atoms with E-state index in [1.165, 1.54) is 0 Å². The third-order valence-electron chi connectivity index (χ3n) is 2.66. The predicted molar refractivity (Wildman–Crippen MR) is 60.8 cm³/mol. The lowest BCUT2D eigenvalue weighted by atomic mass is 10.1. The number of benzene rings is 1. The Morgan fingerprint density at radius 3 is 2.93 bits per heavy atom. The zero-order chi connectivity index (χ0) is 10.8. The van der Waals surface area contributed by atoms with E-state index in [1.807, 2.05) is 25.1 Å². The molecular formula is C12H16N2O. The maximum absolute atomic E-state index is 5.70. The largest absolute Gasteiger partial charge is 0.440 e. The van der Waals surface area contributed by atoms with Crippen molar-refractivity contribution < 1.29 is 4.42 Å². The van der Waals surface area contributed by atoms with Crippen molar-refractivity contribution >= 4 is 11.1 Å². The van der Waals surface area contributed by atoms with Gasteiger partial charge in [0.25, 0.3) is 0 Å². The van der Waals surface area contributed by atoms with Crippen molar-refractivity contribution in [1.29, 1.82) is 0 Å².